The zero-order chi connectivity index (χ0) is 13.8. The first-order valence-corrected chi connectivity index (χ1v) is 6.10. The van der Waals surface area contributed by atoms with Gasteiger partial charge in [0, 0.05) is 12.6 Å². The lowest BCUT2D eigenvalue weighted by Crippen LogP contribution is -2.03. The van der Waals surface area contributed by atoms with Crippen LogP contribution in [0, 0.1) is 12.7 Å². The second-order valence-electron chi connectivity index (χ2n) is 4.00. The fourth-order valence-corrected chi connectivity index (χ4v) is 1.72. The van der Waals surface area contributed by atoms with Crippen molar-refractivity contribution in [1.29, 1.82) is 0 Å². The Morgan fingerprint density at radius 3 is 2.47 bits per heavy atom. The minimum atomic E-state index is -0.419. The Morgan fingerprint density at radius 2 is 1.89 bits per heavy atom. The summed E-state index contributed by atoms with van der Waals surface area (Å²) in [7, 11) is 1.63. The third-order valence-electron chi connectivity index (χ3n) is 2.68. The summed E-state index contributed by atoms with van der Waals surface area (Å²) in [4.78, 5) is 8.32. The maximum atomic E-state index is 13.7. The van der Waals surface area contributed by atoms with Gasteiger partial charge in [-0.1, -0.05) is 0 Å². The second-order valence-corrected chi connectivity index (χ2v) is 4.00. The molecule has 1 N–H and O–H groups in total. The molecule has 100 valence electrons. The zero-order valence-corrected chi connectivity index (χ0v) is 11.2. The van der Waals surface area contributed by atoms with E-state index in [9.17, 15) is 4.39 Å². The number of aryl methyl sites for hydroxylation is 1. The first-order chi connectivity index (χ1) is 9.15. The van der Waals surface area contributed by atoms with Crippen LogP contribution < -0.4 is 10.1 Å². The number of nitrogens with zero attached hydrogens (tertiary/aromatic N) is 2. The van der Waals surface area contributed by atoms with Crippen LogP contribution in [0.1, 0.15) is 12.6 Å². The standard InChI is InChI=1S/C14H16FN3O/c1-4-19-11-7-5-10(6-8-11)13-17-9(2)12(15)14(16-3)18-13/h5-8H,4H2,1-3H3,(H,16,17,18). The average Bonchev–Trinajstić information content (AvgIpc) is 2.43. The van der Waals surface area contributed by atoms with Crippen LogP contribution in [-0.4, -0.2) is 23.6 Å². The predicted octanol–water partition coefficient (Wildman–Crippen LogP) is 3.03. The van der Waals surface area contributed by atoms with Crippen molar-refractivity contribution >= 4 is 5.82 Å². The normalized spacial score (nSPS) is 10.3. The van der Waals surface area contributed by atoms with Gasteiger partial charge in [-0.25, -0.2) is 14.4 Å². The Labute approximate surface area is 111 Å². The van der Waals surface area contributed by atoms with Gasteiger partial charge in [-0.15, -0.1) is 0 Å². The summed E-state index contributed by atoms with van der Waals surface area (Å²) in [5.41, 5.74) is 1.14. The molecule has 2 aromatic rings. The molecule has 0 amide bonds. The molecule has 0 saturated heterocycles. The molecule has 0 saturated carbocycles. The van der Waals surface area contributed by atoms with E-state index in [1.165, 1.54) is 0 Å². The van der Waals surface area contributed by atoms with Crippen LogP contribution >= 0.6 is 0 Å². The fourth-order valence-electron chi connectivity index (χ4n) is 1.72. The van der Waals surface area contributed by atoms with Crippen LogP contribution in [0.15, 0.2) is 24.3 Å². The van der Waals surface area contributed by atoms with Crippen LogP contribution in [0.4, 0.5) is 10.2 Å². The summed E-state index contributed by atoms with van der Waals surface area (Å²) in [6.45, 7) is 4.17. The number of nitrogens with one attached hydrogen (secondary N) is 1. The lowest BCUT2D eigenvalue weighted by Gasteiger charge is -2.08. The van der Waals surface area contributed by atoms with Crippen LogP contribution in [0.5, 0.6) is 5.75 Å². The topological polar surface area (TPSA) is 47.0 Å². The van der Waals surface area contributed by atoms with Gasteiger partial charge in [-0.2, -0.15) is 0 Å². The molecule has 0 fully saturated rings. The number of benzene rings is 1. The van der Waals surface area contributed by atoms with Gasteiger partial charge in [-0.3, -0.25) is 0 Å². The van der Waals surface area contributed by atoms with Gasteiger partial charge in [0.1, 0.15) is 5.75 Å². The first kappa shape index (κ1) is 13.3. The molecule has 0 aliphatic carbocycles. The van der Waals surface area contributed by atoms with Crippen molar-refractivity contribution in [1.82, 2.24) is 9.97 Å². The molecule has 0 aliphatic heterocycles. The van der Waals surface area contributed by atoms with E-state index in [2.05, 4.69) is 15.3 Å². The number of aromatic nitrogens is 2. The average molecular weight is 261 g/mol. The van der Waals surface area contributed by atoms with Gasteiger partial charge < -0.3 is 10.1 Å². The molecule has 1 heterocycles. The molecule has 2 rings (SSSR count). The summed E-state index contributed by atoms with van der Waals surface area (Å²) >= 11 is 0. The molecule has 0 unspecified atom stereocenters. The van der Waals surface area contributed by atoms with Crippen LogP contribution in [0.2, 0.25) is 0 Å². The first-order valence-electron chi connectivity index (χ1n) is 6.10. The van der Waals surface area contributed by atoms with Gasteiger partial charge in [0.15, 0.2) is 17.5 Å². The molecule has 0 spiro atoms. The number of hydrogen-bond acceptors (Lipinski definition) is 4. The summed E-state index contributed by atoms with van der Waals surface area (Å²) in [5.74, 6) is 1.07. The molecule has 1 aromatic heterocycles. The number of hydrogen-bond donors (Lipinski definition) is 1. The minimum absolute atomic E-state index is 0.205. The Morgan fingerprint density at radius 1 is 1.21 bits per heavy atom. The molecule has 5 heteroatoms. The van der Waals surface area contributed by atoms with E-state index in [-0.39, 0.29) is 5.82 Å². The van der Waals surface area contributed by atoms with E-state index in [0.717, 1.165) is 11.3 Å². The van der Waals surface area contributed by atoms with Crippen molar-refractivity contribution in [2.75, 3.05) is 19.0 Å². The summed E-state index contributed by atoms with van der Waals surface area (Å²) in [6, 6.07) is 7.41. The molecule has 0 atom stereocenters. The maximum Gasteiger partial charge on any atom is 0.186 e. The third kappa shape index (κ3) is 2.81. The van der Waals surface area contributed by atoms with Crippen molar-refractivity contribution < 1.29 is 9.13 Å². The van der Waals surface area contributed by atoms with Crippen molar-refractivity contribution in [3.8, 4) is 17.1 Å². The van der Waals surface area contributed by atoms with Crippen molar-refractivity contribution in [3.05, 3.63) is 35.8 Å². The number of anilines is 1. The summed E-state index contributed by atoms with van der Waals surface area (Å²) in [5, 5.41) is 2.73. The van der Waals surface area contributed by atoms with E-state index in [1.807, 2.05) is 31.2 Å². The molecule has 0 radical (unpaired) electrons. The van der Waals surface area contributed by atoms with Gasteiger partial charge >= 0.3 is 0 Å². The highest BCUT2D eigenvalue weighted by Gasteiger charge is 2.11. The Balaban J connectivity index is 2.38. The lowest BCUT2D eigenvalue weighted by molar-refractivity contribution is 0.340. The third-order valence-corrected chi connectivity index (χ3v) is 2.68. The fraction of sp³-hybridized carbons (Fsp3) is 0.286. The highest BCUT2D eigenvalue weighted by Crippen LogP contribution is 2.23. The highest BCUT2D eigenvalue weighted by atomic mass is 19.1. The van der Waals surface area contributed by atoms with E-state index in [1.54, 1.807) is 14.0 Å². The number of rotatable bonds is 4. The van der Waals surface area contributed by atoms with Crippen molar-refractivity contribution in [3.63, 3.8) is 0 Å². The van der Waals surface area contributed by atoms with Crippen LogP contribution in [0.25, 0.3) is 11.4 Å². The minimum Gasteiger partial charge on any atom is -0.494 e. The van der Waals surface area contributed by atoms with E-state index in [0.29, 0.717) is 18.1 Å². The lowest BCUT2D eigenvalue weighted by atomic mass is 10.2. The van der Waals surface area contributed by atoms with Gasteiger partial charge in [0.05, 0.1) is 12.3 Å². The van der Waals surface area contributed by atoms with Gasteiger partial charge in [0.25, 0.3) is 0 Å². The van der Waals surface area contributed by atoms with Crippen LogP contribution in [0.3, 0.4) is 0 Å². The van der Waals surface area contributed by atoms with E-state index < -0.39 is 5.82 Å². The molecular formula is C14H16FN3O. The number of ether oxygens (including phenoxy) is 1. The Bertz CT molecular complexity index is 570. The number of halogens is 1. The van der Waals surface area contributed by atoms with Crippen molar-refractivity contribution in [2.24, 2.45) is 0 Å². The summed E-state index contributed by atoms with van der Waals surface area (Å²) < 4.78 is 19.0. The molecular weight excluding hydrogens is 245 g/mol. The van der Waals surface area contributed by atoms with Gasteiger partial charge in [0.2, 0.25) is 0 Å². The Kier molecular flexibility index (Phi) is 3.94. The SMILES string of the molecule is CCOc1ccc(-c2nc(C)c(F)c(NC)n2)cc1. The smallest absolute Gasteiger partial charge is 0.186 e. The molecule has 0 aliphatic rings. The van der Waals surface area contributed by atoms with Gasteiger partial charge in [-0.05, 0) is 38.1 Å². The molecule has 4 nitrogen and oxygen atoms in total. The summed E-state index contributed by atoms with van der Waals surface area (Å²) in [6.07, 6.45) is 0. The predicted molar refractivity (Wildman–Crippen MR) is 72.9 cm³/mol. The zero-order valence-electron chi connectivity index (χ0n) is 11.2. The second kappa shape index (κ2) is 5.65. The largest absolute Gasteiger partial charge is 0.494 e. The van der Waals surface area contributed by atoms with E-state index in [4.69, 9.17) is 4.74 Å². The monoisotopic (exact) mass is 261 g/mol. The molecule has 19 heavy (non-hydrogen) atoms. The molecule has 0 bridgehead atoms. The Hall–Kier alpha value is -2.17. The highest BCUT2D eigenvalue weighted by molar-refractivity contribution is 5.59. The van der Waals surface area contributed by atoms with E-state index >= 15 is 0 Å². The quantitative estimate of drug-likeness (QED) is 0.919. The van der Waals surface area contributed by atoms with Crippen LogP contribution in [-0.2, 0) is 0 Å². The maximum absolute atomic E-state index is 13.7. The molecule has 1 aromatic carbocycles. The van der Waals surface area contributed by atoms with Crippen molar-refractivity contribution in [2.45, 2.75) is 13.8 Å².